The van der Waals surface area contributed by atoms with E-state index >= 15 is 0 Å². The van der Waals surface area contributed by atoms with E-state index in [1.807, 2.05) is 138 Å². The third kappa shape index (κ3) is 5.82. The van der Waals surface area contributed by atoms with E-state index in [2.05, 4.69) is 11.8 Å². The first-order valence-corrected chi connectivity index (χ1v) is 18.0. The molecule has 0 aliphatic carbocycles. The van der Waals surface area contributed by atoms with Crippen molar-refractivity contribution >= 4 is 36.0 Å². The van der Waals surface area contributed by atoms with Crippen molar-refractivity contribution < 1.29 is 22.9 Å². The topological polar surface area (TPSA) is 59.3 Å². The van der Waals surface area contributed by atoms with Crippen molar-refractivity contribution in [2.24, 2.45) is 4.99 Å². The van der Waals surface area contributed by atoms with Crippen LogP contribution in [0.15, 0.2) is 107 Å². The molecule has 0 N–H and O–H groups in total. The summed E-state index contributed by atoms with van der Waals surface area (Å²) >= 11 is 0. The Morgan fingerprint density at radius 3 is 1.91 bits per heavy atom. The number of allylic oxidation sites excluding steroid dienone is 2. The van der Waals surface area contributed by atoms with Crippen molar-refractivity contribution in [3.63, 3.8) is 0 Å². The minimum absolute atomic E-state index is 0.439. The first kappa shape index (κ1) is 35.7. The lowest BCUT2D eigenvalue weighted by Gasteiger charge is -2.37. The summed E-state index contributed by atoms with van der Waals surface area (Å²) < 4.78 is 42.9. The average molecular weight is 733 g/mol. The molecule has 274 valence electrons. The minimum Gasteiger partial charge on any atom is -0.456 e. The highest BCUT2D eigenvalue weighted by Crippen LogP contribution is 2.57. The van der Waals surface area contributed by atoms with Crippen LogP contribution in [0.4, 0.5) is 20.0 Å². The van der Waals surface area contributed by atoms with E-state index in [-0.39, 0.29) is 0 Å². The Morgan fingerprint density at radius 2 is 1.35 bits per heavy atom. The van der Waals surface area contributed by atoms with Gasteiger partial charge in [0.25, 0.3) is 0 Å². The van der Waals surface area contributed by atoms with Gasteiger partial charge in [-0.2, -0.15) is 0 Å². The van der Waals surface area contributed by atoms with E-state index in [4.69, 9.17) is 14.5 Å². The van der Waals surface area contributed by atoms with Gasteiger partial charge in [-0.25, -0.2) is 4.79 Å². The van der Waals surface area contributed by atoms with Crippen molar-refractivity contribution in [2.45, 2.75) is 33.3 Å². The molecule has 1 spiro atoms. The molecule has 7 nitrogen and oxygen atoms in total. The molecule has 0 bridgehead atoms. The summed E-state index contributed by atoms with van der Waals surface area (Å²) in [6.07, 6.45) is 1.96. The predicted molar refractivity (Wildman–Crippen MR) is 216 cm³/mol. The molecule has 0 saturated heterocycles. The molecule has 0 amide bonds. The Labute approximate surface area is 320 Å². The molecule has 0 unspecified atom stereocenters. The number of rotatable bonds is 5. The zero-order valence-electron chi connectivity index (χ0n) is 32.0. The molecule has 0 atom stereocenters. The molecule has 3 aliphatic rings. The number of nitrogens with zero attached hydrogens (tertiary/aromatic N) is 4. The normalized spacial score (nSPS) is 15.5. The summed E-state index contributed by atoms with van der Waals surface area (Å²) in [7, 11) is 5.17. The van der Waals surface area contributed by atoms with Gasteiger partial charge in [0.15, 0.2) is 5.60 Å². The molecule has 3 aliphatic heterocycles. The number of aryl methyl sites for hydroxylation is 2. The molecule has 1 aromatic heterocycles. The van der Waals surface area contributed by atoms with Crippen molar-refractivity contribution in [1.29, 1.82) is 0 Å². The van der Waals surface area contributed by atoms with Crippen LogP contribution >= 0.6 is 0 Å². The lowest BCUT2D eigenvalue weighted by atomic mass is 9.77. The minimum atomic E-state index is -2.71. The summed E-state index contributed by atoms with van der Waals surface area (Å²) in [5.41, 5.74) is 10.2. The van der Waals surface area contributed by atoms with Gasteiger partial charge in [0, 0.05) is 102 Å². The average Bonchev–Trinajstić information content (AvgIpc) is 3.75. The number of ether oxygens (including phenoxy) is 2. The standard InChI is InChI=1S/C45H39BF2N4O3/c1-26-21-28(3)49-42(26)41(43-27(2)22-29(4)52(43)46(47)48)32-14-11-30(12-15-32)9-10-31-13-18-36-35(23-31)44(53)55-45(36)37-19-16-33(50(5)6)24-39(37)54-40-25-34(51(7)8)17-20-38(40)45/h11-25H,1-8H3/b42-41-. The van der Waals surface area contributed by atoms with E-state index in [1.54, 1.807) is 19.1 Å². The van der Waals surface area contributed by atoms with E-state index in [9.17, 15) is 13.4 Å². The Bertz CT molecular complexity index is 2550. The zero-order chi connectivity index (χ0) is 38.9. The third-order valence-electron chi connectivity index (χ3n) is 10.5. The number of anilines is 2. The third-order valence-corrected chi connectivity index (χ3v) is 10.5. The highest BCUT2D eigenvalue weighted by Gasteiger charge is 2.53. The van der Waals surface area contributed by atoms with Gasteiger partial charge in [0.05, 0.1) is 11.3 Å². The van der Waals surface area contributed by atoms with E-state index < -0.39 is 19.0 Å². The largest absolute Gasteiger partial charge is 0.677 e. The maximum atomic E-state index is 14.4. The van der Waals surface area contributed by atoms with Gasteiger partial charge in [-0.1, -0.05) is 30.0 Å². The van der Waals surface area contributed by atoms with E-state index in [1.165, 1.54) is 0 Å². The van der Waals surface area contributed by atoms with Crippen LogP contribution in [0.3, 0.4) is 0 Å². The molecule has 4 aromatic carbocycles. The summed E-state index contributed by atoms with van der Waals surface area (Å²) in [6, 6.07) is 26.8. The smallest absolute Gasteiger partial charge is 0.456 e. The van der Waals surface area contributed by atoms with Crippen molar-refractivity contribution in [2.75, 3.05) is 38.0 Å². The van der Waals surface area contributed by atoms with Crippen LogP contribution in [-0.4, -0.2) is 51.8 Å². The zero-order valence-corrected chi connectivity index (χ0v) is 32.0. The maximum absolute atomic E-state index is 14.4. The van der Waals surface area contributed by atoms with Crippen LogP contribution < -0.4 is 14.5 Å². The molecule has 0 fully saturated rings. The number of hydrogen-bond acceptors (Lipinski definition) is 6. The maximum Gasteiger partial charge on any atom is 0.677 e. The van der Waals surface area contributed by atoms with Crippen LogP contribution in [0.25, 0.3) is 5.57 Å². The number of fused-ring (bicyclic) bond motifs is 6. The van der Waals surface area contributed by atoms with Crippen molar-refractivity contribution in [3.8, 4) is 23.3 Å². The number of esters is 1. The summed E-state index contributed by atoms with van der Waals surface area (Å²) in [5, 5.41) is 0. The van der Waals surface area contributed by atoms with Crippen LogP contribution in [0.1, 0.15) is 74.5 Å². The van der Waals surface area contributed by atoms with Gasteiger partial charge >= 0.3 is 13.4 Å². The van der Waals surface area contributed by atoms with Crippen LogP contribution in [0, 0.1) is 25.7 Å². The molecular weight excluding hydrogens is 693 g/mol. The fourth-order valence-corrected chi connectivity index (χ4v) is 7.91. The summed E-state index contributed by atoms with van der Waals surface area (Å²) in [5.74, 6) is 7.25. The Kier molecular flexibility index (Phi) is 8.57. The first-order chi connectivity index (χ1) is 26.3. The number of aromatic nitrogens is 1. The van der Waals surface area contributed by atoms with Crippen LogP contribution in [-0.2, 0) is 10.3 Å². The summed E-state index contributed by atoms with van der Waals surface area (Å²) in [6.45, 7) is 7.39. The van der Waals surface area contributed by atoms with Crippen LogP contribution in [0.5, 0.6) is 11.5 Å². The second kappa shape index (κ2) is 13.2. The molecule has 55 heavy (non-hydrogen) atoms. The molecule has 5 aromatic rings. The molecule has 10 heteroatoms. The number of benzene rings is 4. The Morgan fingerprint density at radius 1 is 0.764 bits per heavy atom. The quantitative estimate of drug-likeness (QED) is 0.103. The SMILES string of the molecule is CC1=CC(C)=N/C1=C(/c1ccc(C#Cc2ccc3c(c2)C(=O)OC32c3ccc(N(C)C)cc3Oc3cc(N(C)C)ccc32)cc1)c1c(C)cc(C)n1B(F)F. The monoisotopic (exact) mass is 732 g/mol. The Hall–Kier alpha value is -6.34. The number of aliphatic imine (C=N–C) groups is 1. The molecule has 8 rings (SSSR count). The first-order valence-electron chi connectivity index (χ1n) is 18.0. The van der Waals surface area contributed by atoms with Gasteiger partial charge in [0.1, 0.15) is 11.5 Å². The molecular formula is C45H39BF2N4O3. The van der Waals surface area contributed by atoms with E-state index in [0.717, 1.165) is 60.5 Å². The van der Waals surface area contributed by atoms with Gasteiger partial charge in [-0.3, -0.25) is 13.6 Å². The highest BCUT2D eigenvalue weighted by molar-refractivity contribution is 6.41. The molecule has 4 heterocycles. The summed E-state index contributed by atoms with van der Waals surface area (Å²) in [4.78, 5) is 22.6. The second-order valence-corrected chi connectivity index (χ2v) is 14.7. The fraction of sp³-hybridized carbons (Fsp3) is 0.200. The number of carbonyl (C=O) groups excluding carboxylic acids is 1. The van der Waals surface area contributed by atoms with Gasteiger partial charge in [-0.05, 0) is 105 Å². The molecule has 0 saturated carbocycles. The van der Waals surface area contributed by atoms with Gasteiger partial charge in [0.2, 0.25) is 0 Å². The van der Waals surface area contributed by atoms with Crippen LogP contribution in [0.2, 0.25) is 0 Å². The second-order valence-electron chi connectivity index (χ2n) is 14.7. The van der Waals surface area contributed by atoms with Crippen molar-refractivity contribution in [1.82, 2.24) is 4.48 Å². The molecule has 0 radical (unpaired) electrons. The highest BCUT2D eigenvalue weighted by atomic mass is 19.2. The van der Waals surface area contributed by atoms with Gasteiger partial charge in [-0.15, -0.1) is 0 Å². The number of carbonyl (C=O) groups is 1. The van der Waals surface area contributed by atoms with Crippen molar-refractivity contribution in [3.05, 3.63) is 158 Å². The Balaban J connectivity index is 1.17. The number of hydrogen-bond donors (Lipinski definition) is 0. The van der Waals surface area contributed by atoms with Gasteiger partial charge < -0.3 is 23.8 Å². The lowest BCUT2D eigenvalue weighted by Crippen LogP contribution is -2.33. The van der Waals surface area contributed by atoms with E-state index in [0.29, 0.717) is 45.3 Å². The lowest BCUT2D eigenvalue weighted by molar-refractivity contribution is 0.0224. The fourth-order valence-electron chi connectivity index (χ4n) is 7.91. The number of halogens is 2. The predicted octanol–water partition coefficient (Wildman–Crippen LogP) is 9.16.